The second kappa shape index (κ2) is 8.59. The lowest BCUT2D eigenvalue weighted by atomic mass is 9.98. The normalized spacial score (nSPS) is 10.7. The van der Waals surface area contributed by atoms with Gasteiger partial charge < -0.3 is 4.74 Å². The van der Waals surface area contributed by atoms with Gasteiger partial charge in [0.1, 0.15) is 5.75 Å². The van der Waals surface area contributed by atoms with Crippen LogP contribution in [-0.2, 0) is 4.79 Å². The molecule has 20 heavy (non-hydrogen) atoms. The topological polar surface area (TPSA) is 64.3 Å². The van der Waals surface area contributed by atoms with E-state index in [2.05, 4.69) is 38.3 Å². The Balaban J connectivity index is 2.26. The van der Waals surface area contributed by atoms with E-state index in [0.717, 1.165) is 25.0 Å². The van der Waals surface area contributed by atoms with Gasteiger partial charge in [0.15, 0.2) is 0 Å². The Kier molecular flexibility index (Phi) is 7.09. The van der Waals surface area contributed by atoms with E-state index >= 15 is 0 Å². The van der Waals surface area contributed by atoms with Crippen molar-refractivity contribution < 1.29 is 9.53 Å². The van der Waals surface area contributed by atoms with Crippen LogP contribution in [0.3, 0.4) is 0 Å². The van der Waals surface area contributed by atoms with Gasteiger partial charge in [-0.3, -0.25) is 10.2 Å². The Labute approximate surface area is 121 Å². The molecule has 1 amide bonds. The van der Waals surface area contributed by atoms with Crippen LogP contribution in [0.25, 0.3) is 0 Å². The summed E-state index contributed by atoms with van der Waals surface area (Å²) >= 11 is 0. The Hall–Kier alpha value is -1.55. The Morgan fingerprint density at radius 1 is 1.30 bits per heavy atom. The van der Waals surface area contributed by atoms with Crippen molar-refractivity contribution in [3.05, 3.63) is 29.3 Å². The number of nitrogens with one attached hydrogen (secondary N) is 1. The SMILES string of the molecule is Cc1cc(OCCCCCC(=O)NN)ccc1C(C)C. The van der Waals surface area contributed by atoms with Gasteiger partial charge in [0.05, 0.1) is 6.61 Å². The first-order chi connectivity index (χ1) is 9.54. The van der Waals surface area contributed by atoms with Gasteiger partial charge in [0, 0.05) is 6.42 Å². The summed E-state index contributed by atoms with van der Waals surface area (Å²) in [6.07, 6.45) is 3.25. The molecule has 0 spiro atoms. The van der Waals surface area contributed by atoms with Crippen molar-refractivity contribution in [1.82, 2.24) is 5.43 Å². The number of amides is 1. The summed E-state index contributed by atoms with van der Waals surface area (Å²) in [5.74, 6) is 6.37. The predicted octanol–water partition coefficient (Wildman–Crippen LogP) is 3.05. The van der Waals surface area contributed by atoms with E-state index in [1.54, 1.807) is 0 Å². The number of carbonyl (C=O) groups excluding carboxylic acids is 1. The molecule has 0 radical (unpaired) electrons. The highest BCUT2D eigenvalue weighted by Gasteiger charge is 2.04. The fourth-order valence-corrected chi connectivity index (χ4v) is 2.21. The number of nitrogens with two attached hydrogens (primary N) is 1. The number of hydrazine groups is 1. The van der Waals surface area contributed by atoms with Crippen LogP contribution >= 0.6 is 0 Å². The number of hydrogen-bond acceptors (Lipinski definition) is 3. The minimum Gasteiger partial charge on any atom is -0.494 e. The molecule has 0 aromatic heterocycles. The van der Waals surface area contributed by atoms with Gasteiger partial charge in [-0.25, -0.2) is 5.84 Å². The van der Waals surface area contributed by atoms with Crippen LogP contribution in [0, 0.1) is 6.92 Å². The van der Waals surface area contributed by atoms with Crippen molar-refractivity contribution in [2.24, 2.45) is 5.84 Å². The quantitative estimate of drug-likeness (QED) is 0.332. The predicted molar refractivity (Wildman–Crippen MR) is 81.6 cm³/mol. The highest BCUT2D eigenvalue weighted by molar-refractivity contribution is 5.75. The molecule has 112 valence electrons. The van der Waals surface area contributed by atoms with E-state index in [-0.39, 0.29) is 5.91 Å². The van der Waals surface area contributed by atoms with Gasteiger partial charge in [-0.05, 0) is 55.4 Å². The zero-order valence-electron chi connectivity index (χ0n) is 12.7. The van der Waals surface area contributed by atoms with Crippen molar-refractivity contribution in [2.45, 2.75) is 52.4 Å². The van der Waals surface area contributed by atoms with E-state index in [0.29, 0.717) is 18.9 Å². The molecule has 4 heteroatoms. The molecule has 0 unspecified atom stereocenters. The maximum absolute atomic E-state index is 10.9. The van der Waals surface area contributed by atoms with Crippen molar-refractivity contribution in [3.8, 4) is 5.75 Å². The number of rotatable bonds is 8. The van der Waals surface area contributed by atoms with E-state index in [1.807, 2.05) is 6.07 Å². The summed E-state index contributed by atoms with van der Waals surface area (Å²) in [6, 6.07) is 6.27. The zero-order valence-corrected chi connectivity index (χ0v) is 12.7. The third-order valence-electron chi connectivity index (χ3n) is 3.34. The van der Waals surface area contributed by atoms with E-state index < -0.39 is 0 Å². The van der Waals surface area contributed by atoms with Gasteiger partial charge in [-0.1, -0.05) is 19.9 Å². The smallest absolute Gasteiger partial charge is 0.233 e. The van der Waals surface area contributed by atoms with Crippen LogP contribution in [0.2, 0.25) is 0 Å². The number of aryl methyl sites for hydroxylation is 1. The molecular weight excluding hydrogens is 252 g/mol. The molecule has 4 nitrogen and oxygen atoms in total. The molecule has 0 heterocycles. The first kappa shape index (κ1) is 16.5. The molecule has 1 rings (SSSR count). The number of carbonyl (C=O) groups is 1. The lowest BCUT2D eigenvalue weighted by Crippen LogP contribution is -2.29. The third kappa shape index (κ3) is 5.61. The zero-order chi connectivity index (χ0) is 15.0. The third-order valence-corrected chi connectivity index (χ3v) is 3.34. The molecule has 0 aliphatic heterocycles. The largest absolute Gasteiger partial charge is 0.494 e. The van der Waals surface area contributed by atoms with Gasteiger partial charge in [0.25, 0.3) is 0 Å². The summed E-state index contributed by atoms with van der Waals surface area (Å²) in [4.78, 5) is 10.9. The Morgan fingerprint density at radius 3 is 2.65 bits per heavy atom. The summed E-state index contributed by atoms with van der Waals surface area (Å²) in [5, 5.41) is 0. The van der Waals surface area contributed by atoms with Gasteiger partial charge in [-0.2, -0.15) is 0 Å². The number of ether oxygens (including phenoxy) is 1. The molecular formula is C16H26N2O2. The molecule has 0 atom stereocenters. The van der Waals surface area contributed by atoms with E-state index in [4.69, 9.17) is 10.6 Å². The Morgan fingerprint density at radius 2 is 2.05 bits per heavy atom. The first-order valence-electron chi connectivity index (χ1n) is 7.27. The molecule has 0 fully saturated rings. The molecule has 0 saturated carbocycles. The molecule has 1 aromatic carbocycles. The second-order valence-corrected chi connectivity index (χ2v) is 5.40. The summed E-state index contributed by atoms with van der Waals surface area (Å²) in [5.41, 5.74) is 4.77. The monoisotopic (exact) mass is 278 g/mol. The standard InChI is InChI=1S/C16H26N2O2/c1-12(2)15-9-8-14(11-13(15)3)20-10-6-4-5-7-16(19)18-17/h8-9,11-12H,4-7,10,17H2,1-3H3,(H,18,19). The summed E-state index contributed by atoms with van der Waals surface area (Å²) in [6.45, 7) is 7.19. The van der Waals surface area contributed by atoms with Gasteiger partial charge in [-0.15, -0.1) is 0 Å². The number of benzene rings is 1. The maximum Gasteiger partial charge on any atom is 0.233 e. The first-order valence-corrected chi connectivity index (χ1v) is 7.27. The molecule has 0 saturated heterocycles. The van der Waals surface area contributed by atoms with Crippen LogP contribution in [0.15, 0.2) is 18.2 Å². The van der Waals surface area contributed by atoms with Crippen molar-refractivity contribution in [2.75, 3.05) is 6.61 Å². The average Bonchev–Trinajstić information content (AvgIpc) is 2.42. The maximum atomic E-state index is 10.9. The van der Waals surface area contributed by atoms with Crippen LogP contribution in [0.1, 0.15) is 56.6 Å². The van der Waals surface area contributed by atoms with Crippen molar-refractivity contribution in [3.63, 3.8) is 0 Å². The number of hydrogen-bond donors (Lipinski definition) is 2. The molecule has 0 bridgehead atoms. The molecule has 0 aliphatic carbocycles. The van der Waals surface area contributed by atoms with Crippen molar-refractivity contribution in [1.29, 1.82) is 0 Å². The minimum atomic E-state index is -0.106. The van der Waals surface area contributed by atoms with Gasteiger partial charge >= 0.3 is 0 Å². The highest BCUT2D eigenvalue weighted by atomic mass is 16.5. The van der Waals surface area contributed by atoms with Crippen LogP contribution < -0.4 is 16.0 Å². The van der Waals surface area contributed by atoms with Gasteiger partial charge in [0.2, 0.25) is 5.91 Å². The van der Waals surface area contributed by atoms with Crippen LogP contribution in [0.5, 0.6) is 5.75 Å². The van der Waals surface area contributed by atoms with Crippen molar-refractivity contribution >= 4 is 5.91 Å². The lowest BCUT2D eigenvalue weighted by molar-refractivity contribution is -0.121. The van der Waals surface area contributed by atoms with Crippen LogP contribution in [0.4, 0.5) is 0 Å². The number of unbranched alkanes of at least 4 members (excludes halogenated alkanes) is 2. The average molecular weight is 278 g/mol. The van der Waals surface area contributed by atoms with Crippen LogP contribution in [-0.4, -0.2) is 12.5 Å². The molecule has 0 aliphatic rings. The lowest BCUT2D eigenvalue weighted by Gasteiger charge is -2.12. The Bertz CT molecular complexity index is 430. The minimum absolute atomic E-state index is 0.106. The fourth-order valence-electron chi connectivity index (χ4n) is 2.21. The second-order valence-electron chi connectivity index (χ2n) is 5.40. The highest BCUT2D eigenvalue weighted by Crippen LogP contribution is 2.23. The summed E-state index contributed by atoms with van der Waals surface area (Å²) < 4.78 is 5.73. The fraction of sp³-hybridized carbons (Fsp3) is 0.562. The van der Waals surface area contributed by atoms with E-state index in [9.17, 15) is 4.79 Å². The molecule has 3 N–H and O–H groups in total. The summed E-state index contributed by atoms with van der Waals surface area (Å²) in [7, 11) is 0. The molecule has 1 aromatic rings. The van der Waals surface area contributed by atoms with E-state index in [1.165, 1.54) is 11.1 Å².